The third-order valence-corrected chi connectivity index (χ3v) is 9.35. The van der Waals surface area contributed by atoms with E-state index in [0.717, 1.165) is 85.5 Å². The molecule has 5 aliphatic rings. The average Bonchev–Trinajstić information content (AvgIpc) is 3.64. The number of ether oxygens (including phenoxy) is 3. The second-order valence-electron chi connectivity index (χ2n) is 11.6. The van der Waals surface area contributed by atoms with Crippen LogP contribution in [0.15, 0.2) is 52.9 Å². The van der Waals surface area contributed by atoms with E-state index < -0.39 is 5.60 Å². The highest BCUT2D eigenvalue weighted by molar-refractivity contribution is 5.47. The van der Waals surface area contributed by atoms with Crippen molar-refractivity contribution in [3.05, 3.63) is 65.9 Å². The van der Waals surface area contributed by atoms with Crippen molar-refractivity contribution in [3.8, 4) is 17.2 Å². The van der Waals surface area contributed by atoms with E-state index >= 15 is 0 Å². The topological polar surface area (TPSA) is 86.8 Å². The molecule has 0 amide bonds. The van der Waals surface area contributed by atoms with Crippen LogP contribution in [0, 0.1) is 11.8 Å². The maximum Gasteiger partial charge on any atom is 0.271 e. The Morgan fingerprint density at radius 3 is 2.53 bits per heavy atom. The fraction of sp³-hybridized carbons (Fsp3) is 0.533. The summed E-state index contributed by atoms with van der Waals surface area (Å²) in [6.07, 6.45) is 7.74. The summed E-state index contributed by atoms with van der Waals surface area (Å²) in [5, 5.41) is 21.1. The van der Waals surface area contributed by atoms with Crippen molar-refractivity contribution in [2.75, 3.05) is 26.4 Å². The van der Waals surface area contributed by atoms with Crippen LogP contribution in [0.25, 0.3) is 0 Å². The molecule has 38 heavy (non-hydrogen) atoms. The second-order valence-corrected chi connectivity index (χ2v) is 11.6. The maximum atomic E-state index is 12.2. The number of aromatic nitrogens is 2. The molecule has 8 heteroatoms. The molecule has 2 bridgehead atoms. The lowest BCUT2D eigenvalue weighted by atomic mass is 9.73. The second kappa shape index (κ2) is 9.58. The molecule has 8 rings (SSSR count). The lowest BCUT2D eigenvalue weighted by Crippen LogP contribution is -2.64. The smallest absolute Gasteiger partial charge is 0.271 e. The lowest BCUT2D eigenvalue weighted by molar-refractivity contribution is -0.959. The Morgan fingerprint density at radius 2 is 1.71 bits per heavy atom. The summed E-state index contributed by atoms with van der Waals surface area (Å²) in [5.74, 6) is 3.90. The minimum Gasteiger partial charge on any atom is -0.484 e. The Bertz CT molecular complexity index is 1270. The molecular formula is C30H36N3O5+. The van der Waals surface area contributed by atoms with Gasteiger partial charge in [-0.1, -0.05) is 49.6 Å². The van der Waals surface area contributed by atoms with Gasteiger partial charge in [0.15, 0.2) is 29.7 Å². The fourth-order valence-corrected chi connectivity index (χ4v) is 7.21. The maximum absolute atomic E-state index is 12.2. The Labute approximate surface area is 223 Å². The van der Waals surface area contributed by atoms with Crippen molar-refractivity contribution >= 4 is 0 Å². The predicted octanol–water partition coefficient (Wildman–Crippen LogP) is 4.80. The van der Waals surface area contributed by atoms with E-state index in [1.165, 1.54) is 6.42 Å². The summed E-state index contributed by atoms with van der Waals surface area (Å²) in [6.45, 7) is 3.99. The third kappa shape index (κ3) is 4.24. The number of fused-ring (bicyclic) bond motifs is 4. The standard InChI is InChI=1S/C30H36N3O5/c34-30(22-7-3-1-4-8-22,23-9-5-2-6-10-23)29-32-31-28(38-29)19-33-15-13-21(14-16-33)27(18-33)37-24-11-12-25-26(17-24)36-20-35-25/h1,3-4,7-8,11-12,17,21,23,27,34H,2,5-6,9-10,13-16,18-20H2/q+1/t21?,27-,30-,33?/m0/s1. The van der Waals surface area contributed by atoms with Gasteiger partial charge in [0.25, 0.3) is 11.8 Å². The molecule has 1 aliphatic carbocycles. The molecule has 0 radical (unpaired) electrons. The SMILES string of the molecule is O[C@](c1ccccc1)(c1nnc(C[N+]23CCC(CC2)[C@@H](Oc2ccc4c(c2)OCO4)C3)o1)C1CCCCC1. The highest BCUT2D eigenvalue weighted by atomic mass is 16.7. The zero-order valence-electron chi connectivity index (χ0n) is 21.8. The predicted molar refractivity (Wildman–Crippen MR) is 139 cm³/mol. The van der Waals surface area contributed by atoms with Crippen LogP contribution in [0.1, 0.15) is 62.3 Å². The van der Waals surface area contributed by atoms with Gasteiger partial charge in [0.05, 0.1) is 13.1 Å². The summed E-state index contributed by atoms with van der Waals surface area (Å²) in [4.78, 5) is 0. The molecule has 5 heterocycles. The Morgan fingerprint density at radius 1 is 0.921 bits per heavy atom. The number of hydrogen-bond acceptors (Lipinski definition) is 7. The fourth-order valence-electron chi connectivity index (χ4n) is 7.21. The molecule has 8 nitrogen and oxygen atoms in total. The Hall–Kier alpha value is -3.10. The molecule has 4 aliphatic heterocycles. The Balaban J connectivity index is 1.11. The van der Waals surface area contributed by atoms with Crippen LogP contribution in [0.3, 0.4) is 0 Å². The van der Waals surface area contributed by atoms with Crippen molar-refractivity contribution in [1.82, 2.24) is 10.2 Å². The van der Waals surface area contributed by atoms with Crippen LogP contribution >= 0.6 is 0 Å². The van der Waals surface area contributed by atoms with Crippen LogP contribution in [-0.4, -0.2) is 52.3 Å². The molecule has 1 saturated carbocycles. The van der Waals surface area contributed by atoms with Gasteiger partial charge in [0.1, 0.15) is 12.3 Å². The van der Waals surface area contributed by atoms with Gasteiger partial charge < -0.3 is 28.2 Å². The highest BCUT2D eigenvalue weighted by Crippen LogP contribution is 2.44. The van der Waals surface area contributed by atoms with Crippen molar-refractivity contribution in [3.63, 3.8) is 0 Å². The molecule has 4 fully saturated rings. The highest BCUT2D eigenvalue weighted by Gasteiger charge is 2.49. The first-order valence-electron chi connectivity index (χ1n) is 14.1. The molecule has 2 aromatic carbocycles. The summed E-state index contributed by atoms with van der Waals surface area (Å²) < 4.78 is 24.7. The van der Waals surface area contributed by atoms with Gasteiger partial charge in [0.2, 0.25) is 6.79 Å². The van der Waals surface area contributed by atoms with Crippen LogP contribution in [0.5, 0.6) is 17.2 Å². The zero-order valence-corrected chi connectivity index (χ0v) is 21.8. The van der Waals surface area contributed by atoms with Gasteiger partial charge in [-0.3, -0.25) is 0 Å². The Kier molecular flexibility index (Phi) is 6.04. The molecular weight excluding hydrogens is 482 g/mol. The molecule has 3 aromatic rings. The molecule has 1 N–H and O–H groups in total. The van der Waals surface area contributed by atoms with Gasteiger partial charge in [-0.05, 0) is 30.5 Å². The first-order chi connectivity index (χ1) is 18.6. The largest absolute Gasteiger partial charge is 0.484 e. The van der Waals surface area contributed by atoms with E-state index in [1.54, 1.807) is 0 Å². The monoisotopic (exact) mass is 518 g/mol. The zero-order chi connectivity index (χ0) is 25.6. The van der Waals surface area contributed by atoms with Crippen LogP contribution in [0.4, 0.5) is 0 Å². The summed E-state index contributed by atoms with van der Waals surface area (Å²) in [6, 6.07) is 15.7. The number of benzene rings is 2. The van der Waals surface area contributed by atoms with Crippen LogP contribution in [0.2, 0.25) is 0 Å². The normalized spacial score (nSPS) is 28.2. The van der Waals surface area contributed by atoms with Gasteiger partial charge in [-0.2, -0.15) is 0 Å². The van der Waals surface area contributed by atoms with Crippen molar-refractivity contribution < 1.29 is 28.2 Å². The summed E-state index contributed by atoms with van der Waals surface area (Å²) in [7, 11) is 0. The molecule has 2 atom stereocenters. The third-order valence-electron chi connectivity index (χ3n) is 9.35. The van der Waals surface area contributed by atoms with Crippen molar-refractivity contribution in [2.24, 2.45) is 11.8 Å². The molecule has 200 valence electrons. The molecule has 0 spiro atoms. The molecule has 1 aromatic heterocycles. The van der Waals surface area contributed by atoms with E-state index in [-0.39, 0.29) is 18.8 Å². The number of aliphatic hydroxyl groups is 1. The average molecular weight is 519 g/mol. The minimum absolute atomic E-state index is 0.0733. The van der Waals surface area contributed by atoms with Crippen molar-refractivity contribution in [2.45, 2.75) is 63.2 Å². The van der Waals surface area contributed by atoms with Gasteiger partial charge >= 0.3 is 0 Å². The van der Waals surface area contributed by atoms with E-state index in [0.29, 0.717) is 24.2 Å². The summed E-state index contributed by atoms with van der Waals surface area (Å²) >= 11 is 0. The van der Waals surface area contributed by atoms with Crippen LogP contribution in [-0.2, 0) is 12.1 Å². The number of hydrogen-bond donors (Lipinski definition) is 1. The van der Waals surface area contributed by atoms with Crippen LogP contribution < -0.4 is 14.2 Å². The first kappa shape index (κ1) is 24.0. The van der Waals surface area contributed by atoms with E-state index in [4.69, 9.17) is 18.6 Å². The van der Waals surface area contributed by atoms with E-state index in [1.807, 2.05) is 48.5 Å². The van der Waals surface area contributed by atoms with E-state index in [2.05, 4.69) is 10.2 Å². The first-order valence-corrected chi connectivity index (χ1v) is 14.1. The minimum atomic E-state index is -1.26. The lowest BCUT2D eigenvalue weighted by Gasteiger charge is -2.51. The molecule has 3 saturated heterocycles. The van der Waals surface area contributed by atoms with Gasteiger partial charge in [0, 0.05) is 30.7 Å². The van der Waals surface area contributed by atoms with Crippen molar-refractivity contribution in [1.29, 1.82) is 0 Å². The number of rotatable bonds is 7. The van der Waals surface area contributed by atoms with E-state index in [9.17, 15) is 5.11 Å². The number of nitrogens with zero attached hydrogens (tertiary/aromatic N) is 3. The molecule has 0 unspecified atom stereocenters. The number of piperidine rings is 3. The van der Waals surface area contributed by atoms with Gasteiger partial charge in [-0.25, -0.2) is 0 Å². The quantitative estimate of drug-likeness (QED) is 0.450. The number of quaternary nitrogens is 1. The summed E-state index contributed by atoms with van der Waals surface area (Å²) in [5.41, 5.74) is -0.419. The van der Waals surface area contributed by atoms with Gasteiger partial charge in [-0.15, -0.1) is 10.2 Å².